The van der Waals surface area contributed by atoms with Crippen molar-refractivity contribution < 1.29 is 8.97 Å². The lowest BCUT2D eigenvalue weighted by atomic mass is 10.0. The molecular weight excluding hydrogens is 160 g/mol. The van der Waals surface area contributed by atoms with Crippen molar-refractivity contribution in [3.05, 3.63) is 0 Å². The summed E-state index contributed by atoms with van der Waals surface area (Å²) in [4.78, 5) is 0. The first-order valence-electron chi connectivity index (χ1n) is 5.87. The molecule has 0 aromatic rings. The zero-order chi connectivity index (χ0) is 9.53. The van der Waals surface area contributed by atoms with E-state index in [-0.39, 0.29) is 0 Å². The summed E-state index contributed by atoms with van der Waals surface area (Å²) in [6, 6.07) is 0.910. The molecule has 3 rings (SSSR count). The zero-order valence-electron chi connectivity index (χ0n) is 9.42. The van der Waals surface area contributed by atoms with Crippen molar-refractivity contribution in [1.29, 1.82) is 0 Å². The highest BCUT2D eigenvalue weighted by atomic mass is 15.5. The van der Waals surface area contributed by atoms with Gasteiger partial charge in [-0.25, -0.2) is 0 Å². The average Bonchev–Trinajstić information content (AvgIpc) is 2.20. The van der Waals surface area contributed by atoms with E-state index in [0.29, 0.717) is 0 Å². The van der Waals surface area contributed by atoms with E-state index in [1.807, 2.05) is 0 Å². The highest BCUT2D eigenvalue weighted by molar-refractivity contribution is 4.67. The van der Waals surface area contributed by atoms with Gasteiger partial charge in [-0.15, -0.1) is 0 Å². The number of hydrogen-bond donors (Lipinski definition) is 0. The second-order valence-corrected chi connectivity index (χ2v) is 5.12. The van der Waals surface area contributed by atoms with Crippen LogP contribution < -0.4 is 0 Å². The van der Waals surface area contributed by atoms with Crippen molar-refractivity contribution in [1.82, 2.24) is 0 Å². The van der Waals surface area contributed by atoms with Gasteiger partial charge in [-0.2, -0.15) is 0 Å². The van der Waals surface area contributed by atoms with Gasteiger partial charge in [0.1, 0.15) is 38.8 Å². The highest BCUT2D eigenvalue weighted by Gasteiger charge is 2.51. The quantitative estimate of drug-likeness (QED) is 0.563. The maximum absolute atomic E-state index is 2.46. The van der Waals surface area contributed by atoms with Crippen LogP contribution in [0.1, 0.15) is 20.8 Å². The molecule has 13 heavy (non-hydrogen) atoms. The summed E-state index contributed by atoms with van der Waals surface area (Å²) in [7, 11) is 0. The van der Waals surface area contributed by atoms with Crippen molar-refractivity contribution in [2.75, 3.05) is 45.8 Å². The van der Waals surface area contributed by atoms with Crippen molar-refractivity contribution in [3.8, 4) is 0 Å². The van der Waals surface area contributed by atoms with E-state index in [1.54, 1.807) is 0 Å². The molecule has 3 saturated heterocycles. The average molecular weight is 184 g/mol. The first-order valence-corrected chi connectivity index (χ1v) is 5.87. The minimum Gasteiger partial charge on any atom is -0.310 e. The molecule has 2 heteroatoms. The molecule has 3 fully saturated rings. The molecule has 0 aromatic carbocycles. The van der Waals surface area contributed by atoms with Gasteiger partial charge in [0.25, 0.3) is 0 Å². The molecular formula is C11H24N2+2. The van der Waals surface area contributed by atoms with E-state index < -0.39 is 0 Å². The Morgan fingerprint density at radius 1 is 1.00 bits per heavy atom. The van der Waals surface area contributed by atoms with E-state index in [1.165, 1.54) is 54.8 Å². The Morgan fingerprint density at radius 3 is 2.00 bits per heavy atom. The van der Waals surface area contributed by atoms with Crippen LogP contribution in [-0.4, -0.2) is 60.8 Å². The largest absolute Gasteiger partial charge is 0.310 e. The standard InChI is InChI=1S/C11H24N2/c1-4-12-6-8-13(5-2,9-7-12)11(3)10-12/h11H,4-10H2,1-3H3/q+2. The third-order valence-electron chi connectivity index (χ3n) is 4.93. The van der Waals surface area contributed by atoms with E-state index >= 15 is 0 Å². The van der Waals surface area contributed by atoms with Crippen molar-refractivity contribution in [3.63, 3.8) is 0 Å². The van der Waals surface area contributed by atoms with Crippen LogP contribution >= 0.6 is 0 Å². The summed E-state index contributed by atoms with van der Waals surface area (Å²) >= 11 is 0. The molecule has 76 valence electrons. The van der Waals surface area contributed by atoms with Crippen LogP contribution in [0.2, 0.25) is 0 Å². The molecule has 0 radical (unpaired) electrons. The number of likely N-dealkylation sites (N-methyl/N-ethyl adjacent to an activating group) is 2. The number of piperazine rings is 3. The minimum absolute atomic E-state index is 0.910. The Morgan fingerprint density at radius 2 is 1.62 bits per heavy atom. The Hall–Kier alpha value is -0.0800. The van der Waals surface area contributed by atoms with Crippen LogP contribution in [0, 0.1) is 0 Å². The molecule has 0 amide bonds. The second kappa shape index (κ2) is 2.96. The number of nitrogens with zero attached hydrogens (tertiary/aromatic N) is 2. The summed E-state index contributed by atoms with van der Waals surface area (Å²) in [5.74, 6) is 0. The predicted octanol–water partition coefficient (Wildman–Crippen LogP) is 1.08. The van der Waals surface area contributed by atoms with Crippen LogP contribution in [-0.2, 0) is 0 Å². The lowest BCUT2D eigenvalue weighted by molar-refractivity contribution is -1.09. The van der Waals surface area contributed by atoms with Gasteiger partial charge < -0.3 is 8.97 Å². The van der Waals surface area contributed by atoms with Gasteiger partial charge >= 0.3 is 0 Å². The number of hydrogen-bond acceptors (Lipinski definition) is 0. The minimum atomic E-state index is 0.910. The summed E-state index contributed by atoms with van der Waals surface area (Å²) in [6.45, 7) is 17.1. The third-order valence-corrected chi connectivity index (χ3v) is 4.93. The van der Waals surface area contributed by atoms with Gasteiger partial charge in [0, 0.05) is 0 Å². The van der Waals surface area contributed by atoms with Gasteiger partial charge in [-0.3, -0.25) is 0 Å². The Balaban J connectivity index is 2.18. The predicted molar refractivity (Wildman–Crippen MR) is 55.4 cm³/mol. The molecule has 3 aliphatic heterocycles. The zero-order valence-corrected chi connectivity index (χ0v) is 9.42. The number of quaternary nitrogens is 2. The maximum atomic E-state index is 2.46. The molecule has 0 N–H and O–H groups in total. The van der Waals surface area contributed by atoms with Crippen LogP contribution in [0.15, 0.2) is 0 Å². The normalized spacial score (nSPS) is 49.6. The summed E-state index contributed by atoms with van der Waals surface area (Å²) in [5, 5.41) is 0. The third kappa shape index (κ3) is 1.23. The molecule has 0 aromatic heterocycles. The second-order valence-electron chi connectivity index (χ2n) is 5.12. The van der Waals surface area contributed by atoms with E-state index in [4.69, 9.17) is 0 Å². The van der Waals surface area contributed by atoms with Crippen LogP contribution in [0.4, 0.5) is 0 Å². The van der Waals surface area contributed by atoms with Gasteiger partial charge in [0.15, 0.2) is 0 Å². The molecule has 3 heterocycles. The van der Waals surface area contributed by atoms with Crippen LogP contribution in [0.25, 0.3) is 0 Å². The van der Waals surface area contributed by atoms with Crippen molar-refractivity contribution in [2.45, 2.75) is 26.8 Å². The molecule has 1 atom stereocenters. The summed E-state index contributed by atoms with van der Waals surface area (Å²) in [5.41, 5.74) is 0. The lowest BCUT2D eigenvalue weighted by Gasteiger charge is -2.58. The molecule has 2 bridgehead atoms. The van der Waals surface area contributed by atoms with E-state index in [0.717, 1.165) is 6.04 Å². The highest BCUT2D eigenvalue weighted by Crippen LogP contribution is 2.30. The smallest absolute Gasteiger partial charge is 0.136 e. The molecule has 0 saturated carbocycles. The first kappa shape index (κ1) is 9.47. The monoisotopic (exact) mass is 184 g/mol. The molecule has 2 nitrogen and oxygen atoms in total. The SMILES string of the molecule is CC[N+]12CC[N+](CC)(CC1)C(C)C2. The topological polar surface area (TPSA) is 0 Å². The fraction of sp³-hybridized carbons (Fsp3) is 1.00. The fourth-order valence-electron chi connectivity index (χ4n) is 3.48. The number of rotatable bonds is 2. The van der Waals surface area contributed by atoms with Gasteiger partial charge in [0.2, 0.25) is 0 Å². The maximum Gasteiger partial charge on any atom is 0.136 e. The molecule has 3 aliphatic rings. The Kier molecular flexibility index (Phi) is 2.16. The van der Waals surface area contributed by atoms with Crippen molar-refractivity contribution in [2.24, 2.45) is 0 Å². The van der Waals surface area contributed by atoms with E-state index in [2.05, 4.69) is 20.8 Å². The Bertz CT molecular complexity index is 192. The van der Waals surface area contributed by atoms with Gasteiger partial charge in [0.05, 0.1) is 13.1 Å². The van der Waals surface area contributed by atoms with Gasteiger partial charge in [-0.05, 0) is 20.8 Å². The van der Waals surface area contributed by atoms with E-state index in [9.17, 15) is 0 Å². The Labute approximate surface area is 82.3 Å². The van der Waals surface area contributed by atoms with Crippen LogP contribution in [0.3, 0.4) is 0 Å². The number of fused-ring (bicyclic) bond motifs is 3. The fourth-order valence-corrected chi connectivity index (χ4v) is 3.48. The molecule has 1 unspecified atom stereocenters. The molecule has 0 spiro atoms. The molecule has 0 aliphatic carbocycles. The summed E-state index contributed by atoms with van der Waals surface area (Å²) < 4.78 is 2.83. The lowest BCUT2D eigenvalue weighted by Crippen LogP contribution is -2.78. The van der Waals surface area contributed by atoms with Crippen LogP contribution in [0.5, 0.6) is 0 Å². The van der Waals surface area contributed by atoms with Gasteiger partial charge in [-0.1, -0.05) is 0 Å². The van der Waals surface area contributed by atoms with Crippen molar-refractivity contribution >= 4 is 0 Å². The first-order chi connectivity index (χ1) is 6.16. The summed E-state index contributed by atoms with van der Waals surface area (Å²) in [6.07, 6.45) is 0.